The van der Waals surface area contributed by atoms with Gasteiger partial charge in [0.25, 0.3) is 0 Å². The Morgan fingerprint density at radius 1 is 0.963 bits per heavy atom. The van der Waals surface area contributed by atoms with Crippen LogP contribution in [0.1, 0.15) is 67.6 Å². The third kappa shape index (κ3) is 4.22. The zero-order valence-electron chi connectivity index (χ0n) is 16.7. The van der Waals surface area contributed by atoms with Crippen LogP contribution >= 0.6 is 11.8 Å². The molecule has 0 atom stereocenters. The highest BCUT2D eigenvalue weighted by atomic mass is 32.2. The molecule has 0 bridgehead atoms. The van der Waals surface area contributed by atoms with Crippen LogP contribution in [0, 0.1) is 11.2 Å². The van der Waals surface area contributed by atoms with E-state index in [0.717, 1.165) is 10.5 Å². The molecule has 27 heavy (non-hydrogen) atoms. The highest BCUT2D eigenvalue weighted by molar-refractivity contribution is 8.04. The van der Waals surface area contributed by atoms with Gasteiger partial charge in [-0.1, -0.05) is 39.7 Å². The Morgan fingerprint density at radius 3 is 2.22 bits per heavy atom. The average molecular weight is 379 g/mol. The number of fused-ring (bicyclic) bond motifs is 1. The average Bonchev–Trinajstić information content (AvgIpc) is 2.65. The monoisotopic (exact) mass is 378 g/mol. The fourth-order valence-electron chi connectivity index (χ4n) is 3.59. The molecule has 0 spiro atoms. The number of ether oxygens (including phenoxy) is 1. The molecule has 0 aliphatic heterocycles. The Labute approximate surface area is 166 Å². The van der Waals surface area contributed by atoms with Crippen LogP contribution in [0.3, 0.4) is 0 Å². The first-order valence-corrected chi connectivity index (χ1v) is 10.1. The maximum Gasteiger partial charge on any atom is 0.337 e. The molecule has 1 aliphatic rings. The van der Waals surface area contributed by atoms with Crippen molar-refractivity contribution < 1.29 is 9.53 Å². The van der Waals surface area contributed by atoms with Gasteiger partial charge in [-0.05, 0) is 88.2 Å². The van der Waals surface area contributed by atoms with E-state index in [0.29, 0.717) is 5.56 Å². The van der Waals surface area contributed by atoms with E-state index in [4.69, 9.17) is 4.74 Å². The minimum Gasteiger partial charge on any atom is -0.465 e. The zero-order valence-corrected chi connectivity index (χ0v) is 17.5. The van der Waals surface area contributed by atoms with Crippen LogP contribution < -0.4 is 0 Å². The first-order valence-electron chi connectivity index (χ1n) is 9.24. The first-order chi connectivity index (χ1) is 12.7. The molecule has 0 heterocycles. The van der Waals surface area contributed by atoms with Crippen LogP contribution in [0.4, 0.5) is 0 Å². The fraction of sp³-hybridized carbons (Fsp3) is 0.375. The molecule has 2 aromatic carbocycles. The standard InChI is InChI=1S/C24H26O2S/c1-23(2)13-14-24(3,4)21-16-17(6-11-20(21)23)12-15-27-19-9-7-18(8-10-19)22(25)26-5/h6-11,16H,13-14H2,1-5H3. The van der Waals surface area contributed by atoms with Crippen LogP contribution in [-0.2, 0) is 15.6 Å². The molecule has 0 fully saturated rings. The maximum atomic E-state index is 11.5. The smallest absolute Gasteiger partial charge is 0.337 e. The second kappa shape index (κ2) is 7.44. The predicted molar refractivity (Wildman–Crippen MR) is 112 cm³/mol. The molecule has 2 aromatic rings. The van der Waals surface area contributed by atoms with Crippen molar-refractivity contribution in [3.8, 4) is 11.2 Å². The molecule has 0 amide bonds. The summed E-state index contributed by atoms with van der Waals surface area (Å²) in [6.07, 6.45) is 2.42. The first kappa shape index (κ1) is 19.6. The quantitative estimate of drug-likeness (QED) is 0.368. The van der Waals surface area contributed by atoms with E-state index in [1.165, 1.54) is 42.8 Å². The Kier molecular flexibility index (Phi) is 5.40. The van der Waals surface area contributed by atoms with Gasteiger partial charge in [0, 0.05) is 10.5 Å². The molecule has 2 nitrogen and oxygen atoms in total. The summed E-state index contributed by atoms with van der Waals surface area (Å²) >= 11 is 1.47. The molecular weight excluding hydrogens is 352 g/mol. The summed E-state index contributed by atoms with van der Waals surface area (Å²) in [5.74, 6) is 2.96. The molecule has 1 aliphatic carbocycles. The normalized spacial score (nSPS) is 16.6. The van der Waals surface area contributed by atoms with E-state index in [2.05, 4.69) is 57.1 Å². The fourth-order valence-corrected chi connectivity index (χ4v) is 4.15. The topological polar surface area (TPSA) is 26.3 Å². The van der Waals surface area contributed by atoms with E-state index in [1.54, 1.807) is 12.1 Å². The number of carbonyl (C=O) groups is 1. The van der Waals surface area contributed by atoms with Gasteiger partial charge in [-0.3, -0.25) is 0 Å². The summed E-state index contributed by atoms with van der Waals surface area (Å²) in [6, 6.07) is 14.0. The van der Waals surface area contributed by atoms with Crippen LogP contribution in [0.15, 0.2) is 47.4 Å². The van der Waals surface area contributed by atoms with Crippen molar-refractivity contribution in [1.82, 2.24) is 0 Å². The molecule has 0 aromatic heterocycles. The lowest BCUT2D eigenvalue weighted by atomic mass is 9.63. The number of rotatable bonds is 2. The number of hydrogen-bond donors (Lipinski definition) is 0. The Hall–Kier alpha value is -2.18. The van der Waals surface area contributed by atoms with Crippen molar-refractivity contribution in [2.24, 2.45) is 0 Å². The second-order valence-electron chi connectivity index (χ2n) is 8.37. The second-order valence-corrected chi connectivity index (χ2v) is 9.25. The van der Waals surface area contributed by atoms with Gasteiger partial charge in [-0.15, -0.1) is 0 Å². The molecule has 3 rings (SSSR count). The molecule has 0 saturated carbocycles. The summed E-state index contributed by atoms with van der Waals surface area (Å²) in [6.45, 7) is 9.33. The number of thioether (sulfide) groups is 1. The van der Waals surface area contributed by atoms with Crippen molar-refractivity contribution in [2.45, 2.75) is 56.3 Å². The summed E-state index contributed by atoms with van der Waals surface area (Å²) in [5.41, 5.74) is 4.91. The van der Waals surface area contributed by atoms with Crippen LogP contribution in [0.25, 0.3) is 0 Å². The molecule has 0 saturated heterocycles. The summed E-state index contributed by atoms with van der Waals surface area (Å²) < 4.78 is 4.72. The van der Waals surface area contributed by atoms with Gasteiger partial charge in [0.2, 0.25) is 0 Å². The molecule has 0 radical (unpaired) electrons. The Balaban J connectivity index is 1.79. The minimum atomic E-state index is -0.322. The van der Waals surface area contributed by atoms with E-state index >= 15 is 0 Å². The van der Waals surface area contributed by atoms with Gasteiger partial charge in [0.1, 0.15) is 0 Å². The lowest BCUT2D eigenvalue weighted by molar-refractivity contribution is 0.0600. The lowest BCUT2D eigenvalue weighted by Crippen LogP contribution is -2.33. The molecule has 0 N–H and O–H groups in total. The number of hydrogen-bond acceptors (Lipinski definition) is 3. The van der Waals surface area contributed by atoms with Crippen molar-refractivity contribution in [3.05, 3.63) is 64.7 Å². The van der Waals surface area contributed by atoms with E-state index < -0.39 is 0 Å². The van der Waals surface area contributed by atoms with Gasteiger partial charge in [-0.25, -0.2) is 4.79 Å². The molecular formula is C24H26O2S. The van der Waals surface area contributed by atoms with Gasteiger partial charge < -0.3 is 4.74 Å². The van der Waals surface area contributed by atoms with Crippen molar-refractivity contribution in [2.75, 3.05) is 7.11 Å². The largest absolute Gasteiger partial charge is 0.465 e. The highest BCUT2D eigenvalue weighted by Gasteiger charge is 2.36. The third-order valence-corrected chi connectivity index (χ3v) is 6.20. The zero-order chi connectivity index (χ0) is 19.7. The van der Waals surface area contributed by atoms with Gasteiger partial charge in [0.05, 0.1) is 12.7 Å². The lowest BCUT2D eigenvalue weighted by Gasteiger charge is -2.41. The SMILES string of the molecule is COC(=O)c1ccc(SC#Cc2ccc3c(c2)C(C)(C)CCC3(C)C)cc1. The van der Waals surface area contributed by atoms with Gasteiger partial charge in [-0.2, -0.15) is 0 Å². The maximum absolute atomic E-state index is 11.5. The molecule has 0 unspecified atom stereocenters. The minimum absolute atomic E-state index is 0.194. The molecule has 3 heteroatoms. The summed E-state index contributed by atoms with van der Waals surface area (Å²) in [7, 11) is 1.39. The number of esters is 1. The summed E-state index contributed by atoms with van der Waals surface area (Å²) in [5, 5.41) is 3.19. The van der Waals surface area contributed by atoms with Crippen LogP contribution in [-0.4, -0.2) is 13.1 Å². The van der Waals surface area contributed by atoms with Gasteiger partial charge in [0.15, 0.2) is 0 Å². The highest BCUT2D eigenvalue weighted by Crippen LogP contribution is 2.45. The Morgan fingerprint density at radius 2 is 1.59 bits per heavy atom. The molecule has 140 valence electrons. The van der Waals surface area contributed by atoms with E-state index in [9.17, 15) is 4.79 Å². The summed E-state index contributed by atoms with van der Waals surface area (Å²) in [4.78, 5) is 12.5. The van der Waals surface area contributed by atoms with E-state index in [1.807, 2.05) is 12.1 Å². The van der Waals surface area contributed by atoms with Crippen molar-refractivity contribution >= 4 is 17.7 Å². The predicted octanol–water partition coefficient (Wildman–Crippen LogP) is 5.92. The van der Waals surface area contributed by atoms with Crippen molar-refractivity contribution in [3.63, 3.8) is 0 Å². The number of methoxy groups -OCH3 is 1. The van der Waals surface area contributed by atoms with Crippen molar-refractivity contribution in [1.29, 1.82) is 0 Å². The van der Waals surface area contributed by atoms with E-state index in [-0.39, 0.29) is 16.8 Å². The van der Waals surface area contributed by atoms with Crippen LogP contribution in [0.5, 0.6) is 0 Å². The number of benzene rings is 2. The third-order valence-electron chi connectivity index (χ3n) is 5.49. The van der Waals surface area contributed by atoms with Crippen LogP contribution in [0.2, 0.25) is 0 Å². The Bertz CT molecular complexity index is 912. The van der Waals surface area contributed by atoms with Gasteiger partial charge >= 0.3 is 5.97 Å². The number of carbonyl (C=O) groups excluding carboxylic acids is 1.